The summed E-state index contributed by atoms with van der Waals surface area (Å²) < 4.78 is 0. The molecule has 2 rings (SSSR count). The minimum Gasteiger partial charge on any atom is -0.481 e. The number of aliphatic carboxylic acids is 1. The number of carboxylic acid groups (broad SMARTS) is 1. The maximum absolute atomic E-state index is 12.1. The van der Waals surface area contributed by atoms with Crippen LogP contribution in [0.2, 0.25) is 0 Å². The zero-order valence-electron chi connectivity index (χ0n) is 12.4. The fourth-order valence-electron chi connectivity index (χ4n) is 2.97. The molecule has 0 aromatic rings. The molecule has 2 aliphatic carbocycles. The van der Waals surface area contributed by atoms with Gasteiger partial charge in [-0.1, -0.05) is 6.92 Å². The molecular weight excluding hydrogens is 272 g/mol. The van der Waals surface area contributed by atoms with Crippen LogP contribution in [-0.4, -0.2) is 35.5 Å². The van der Waals surface area contributed by atoms with Crippen LogP contribution in [0.4, 0.5) is 0 Å². The quantitative estimate of drug-likeness (QED) is 0.608. The zero-order valence-corrected chi connectivity index (χ0v) is 12.4. The Labute approximate surface area is 124 Å². The minimum atomic E-state index is -0.886. The summed E-state index contributed by atoms with van der Waals surface area (Å²) >= 11 is 0. The van der Waals surface area contributed by atoms with E-state index in [9.17, 15) is 14.4 Å². The van der Waals surface area contributed by atoms with E-state index in [1.807, 2.05) is 6.92 Å². The number of amides is 2. The molecular formula is C15H24N2O4. The highest BCUT2D eigenvalue weighted by Gasteiger charge is 2.40. The Morgan fingerprint density at radius 3 is 2.43 bits per heavy atom. The van der Waals surface area contributed by atoms with Crippen molar-refractivity contribution in [1.29, 1.82) is 0 Å². The van der Waals surface area contributed by atoms with Crippen LogP contribution in [0.5, 0.6) is 0 Å². The van der Waals surface area contributed by atoms with Crippen molar-refractivity contribution < 1.29 is 19.5 Å². The van der Waals surface area contributed by atoms with E-state index in [2.05, 4.69) is 10.6 Å². The van der Waals surface area contributed by atoms with Crippen molar-refractivity contribution in [2.45, 2.75) is 51.5 Å². The van der Waals surface area contributed by atoms with Crippen molar-refractivity contribution in [3.05, 3.63) is 0 Å². The summed E-state index contributed by atoms with van der Waals surface area (Å²) in [5.74, 6) is -1.77. The van der Waals surface area contributed by atoms with Crippen LogP contribution in [0.25, 0.3) is 0 Å². The molecule has 0 spiro atoms. The normalized spacial score (nSPS) is 28.1. The summed E-state index contributed by atoms with van der Waals surface area (Å²) in [5.41, 5.74) is 0. The smallest absolute Gasteiger partial charge is 0.307 e. The Balaban J connectivity index is 1.66. The predicted molar refractivity (Wildman–Crippen MR) is 76.4 cm³/mol. The molecule has 6 heteroatoms. The van der Waals surface area contributed by atoms with Crippen LogP contribution in [0.1, 0.15) is 45.4 Å². The summed E-state index contributed by atoms with van der Waals surface area (Å²) in [5, 5.41) is 14.8. The molecule has 6 nitrogen and oxygen atoms in total. The first-order valence-electron chi connectivity index (χ1n) is 7.77. The molecule has 118 valence electrons. The number of rotatable bonds is 7. The molecule has 2 aliphatic rings. The van der Waals surface area contributed by atoms with Gasteiger partial charge in [0.05, 0.1) is 11.8 Å². The Morgan fingerprint density at radius 2 is 1.81 bits per heavy atom. The van der Waals surface area contributed by atoms with E-state index in [1.54, 1.807) is 0 Å². The maximum Gasteiger partial charge on any atom is 0.307 e. The minimum absolute atomic E-state index is 0.0321. The SMILES string of the molecule is CC1C[C@H](C(=O)NCCCC(=O)NC2CC2)[C@H](C(=O)O)C1. The van der Waals surface area contributed by atoms with E-state index in [-0.39, 0.29) is 17.7 Å². The summed E-state index contributed by atoms with van der Waals surface area (Å²) in [6.45, 7) is 2.40. The summed E-state index contributed by atoms with van der Waals surface area (Å²) in [6.07, 6.45) is 4.32. The molecule has 0 heterocycles. The van der Waals surface area contributed by atoms with Crippen molar-refractivity contribution in [1.82, 2.24) is 10.6 Å². The van der Waals surface area contributed by atoms with Gasteiger partial charge < -0.3 is 15.7 Å². The third kappa shape index (κ3) is 4.72. The largest absolute Gasteiger partial charge is 0.481 e. The standard InChI is InChI=1S/C15H24N2O4/c1-9-7-11(12(8-9)15(20)21)14(19)16-6-2-3-13(18)17-10-4-5-10/h9-12H,2-8H2,1H3,(H,16,19)(H,17,18)(H,20,21)/t9?,11-,12+/m0/s1. The highest BCUT2D eigenvalue weighted by atomic mass is 16.4. The monoisotopic (exact) mass is 296 g/mol. The number of carbonyl (C=O) groups excluding carboxylic acids is 2. The first-order chi connectivity index (χ1) is 9.97. The van der Waals surface area contributed by atoms with Gasteiger partial charge in [0.2, 0.25) is 11.8 Å². The number of carboxylic acids is 1. The lowest BCUT2D eigenvalue weighted by Crippen LogP contribution is -2.36. The molecule has 3 N–H and O–H groups in total. The lowest BCUT2D eigenvalue weighted by molar-refractivity contribution is -0.146. The Hall–Kier alpha value is -1.59. The zero-order chi connectivity index (χ0) is 15.4. The number of nitrogens with one attached hydrogen (secondary N) is 2. The molecule has 0 bridgehead atoms. The number of hydrogen-bond donors (Lipinski definition) is 3. The molecule has 3 atom stereocenters. The maximum atomic E-state index is 12.1. The van der Waals surface area contributed by atoms with Crippen molar-refractivity contribution in [2.75, 3.05) is 6.54 Å². The number of hydrogen-bond acceptors (Lipinski definition) is 3. The summed E-state index contributed by atoms with van der Waals surface area (Å²) in [6, 6.07) is 0.364. The van der Waals surface area contributed by atoms with Crippen LogP contribution in [0.15, 0.2) is 0 Å². The van der Waals surface area contributed by atoms with Gasteiger partial charge in [-0.25, -0.2) is 0 Å². The Bertz CT molecular complexity index is 420. The average molecular weight is 296 g/mol. The van der Waals surface area contributed by atoms with Crippen molar-refractivity contribution in [3.8, 4) is 0 Å². The lowest BCUT2D eigenvalue weighted by atomic mass is 9.95. The van der Waals surface area contributed by atoms with Gasteiger partial charge in [-0.15, -0.1) is 0 Å². The fourth-order valence-corrected chi connectivity index (χ4v) is 2.97. The van der Waals surface area contributed by atoms with Crippen LogP contribution >= 0.6 is 0 Å². The van der Waals surface area contributed by atoms with E-state index >= 15 is 0 Å². The van der Waals surface area contributed by atoms with Gasteiger partial charge in [-0.05, 0) is 38.0 Å². The van der Waals surface area contributed by atoms with Gasteiger partial charge in [0.15, 0.2) is 0 Å². The van der Waals surface area contributed by atoms with Gasteiger partial charge in [0.1, 0.15) is 0 Å². The van der Waals surface area contributed by atoms with Gasteiger partial charge in [-0.3, -0.25) is 14.4 Å². The molecule has 0 radical (unpaired) electrons. The molecule has 0 aromatic carbocycles. The van der Waals surface area contributed by atoms with Crippen molar-refractivity contribution >= 4 is 17.8 Å². The number of carbonyl (C=O) groups is 3. The van der Waals surface area contributed by atoms with E-state index in [0.717, 1.165) is 12.8 Å². The molecule has 0 aliphatic heterocycles. The molecule has 0 aromatic heterocycles. The Kier molecular flexibility index (Phi) is 5.20. The van der Waals surface area contributed by atoms with Crippen molar-refractivity contribution in [3.63, 3.8) is 0 Å². The topological polar surface area (TPSA) is 95.5 Å². The van der Waals surface area contributed by atoms with Crippen LogP contribution < -0.4 is 10.6 Å². The highest BCUT2D eigenvalue weighted by molar-refractivity contribution is 5.85. The highest BCUT2D eigenvalue weighted by Crippen LogP contribution is 2.36. The van der Waals surface area contributed by atoms with Crippen molar-refractivity contribution in [2.24, 2.45) is 17.8 Å². The third-order valence-corrected chi connectivity index (χ3v) is 4.27. The van der Waals surface area contributed by atoms with E-state index < -0.39 is 17.8 Å². The second-order valence-corrected chi connectivity index (χ2v) is 6.36. The molecule has 1 unspecified atom stereocenters. The first-order valence-corrected chi connectivity index (χ1v) is 7.77. The van der Waals surface area contributed by atoms with Gasteiger partial charge in [0, 0.05) is 19.0 Å². The second kappa shape index (κ2) is 6.91. The second-order valence-electron chi connectivity index (χ2n) is 6.36. The van der Waals surface area contributed by atoms with Crippen LogP contribution in [0.3, 0.4) is 0 Å². The predicted octanol–water partition coefficient (Wildman–Crippen LogP) is 0.908. The van der Waals surface area contributed by atoms with Crippen LogP contribution in [-0.2, 0) is 14.4 Å². The van der Waals surface area contributed by atoms with E-state index in [1.165, 1.54) is 0 Å². The van der Waals surface area contributed by atoms with E-state index in [0.29, 0.717) is 38.3 Å². The molecule has 2 amide bonds. The van der Waals surface area contributed by atoms with Gasteiger partial charge >= 0.3 is 5.97 Å². The molecule has 2 saturated carbocycles. The molecule has 0 saturated heterocycles. The summed E-state index contributed by atoms with van der Waals surface area (Å²) in [4.78, 5) is 34.7. The third-order valence-electron chi connectivity index (χ3n) is 4.27. The first kappa shape index (κ1) is 15.8. The van der Waals surface area contributed by atoms with Gasteiger partial charge in [0.25, 0.3) is 0 Å². The molecule has 2 fully saturated rings. The van der Waals surface area contributed by atoms with Gasteiger partial charge in [-0.2, -0.15) is 0 Å². The van der Waals surface area contributed by atoms with Crippen LogP contribution in [0, 0.1) is 17.8 Å². The molecule has 21 heavy (non-hydrogen) atoms. The lowest BCUT2D eigenvalue weighted by Gasteiger charge is -2.15. The summed E-state index contributed by atoms with van der Waals surface area (Å²) in [7, 11) is 0. The Morgan fingerprint density at radius 1 is 1.14 bits per heavy atom. The average Bonchev–Trinajstić information content (AvgIpc) is 3.13. The van der Waals surface area contributed by atoms with E-state index in [4.69, 9.17) is 5.11 Å². The fraction of sp³-hybridized carbons (Fsp3) is 0.800.